The number of hydrogen-bond donors (Lipinski definition) is 1. The molecule has 4 nitrogen and oxygen atoms in total. The van der Waals surface area contributed by atoms with Gasteiger partial charge in [0.2, 0.25) is 0 Å². The fourth-order valence-electron chi connectivity index (χ4n) is 3.69. The number of benzene rings is 1. The quantitative estimate of drug-likeness (QED) is 0.902. The third-order valence-electron chi connectivity index (χ3n) is 5.38. The van der Waals surface area contributed by atoms with Gasteiger partial charge in [-0.1, -0.05) is 45.0 Å². The molecule has 1 fully saturated rings. The van der Waals surface area contributed by atoms with Crippen molar-refractivity contribution < 1.29 is 0 Å². The van der Waals surface area contributed by atoms with Crippen LogP contribution in [0.4, 0.5) is 0 Å². The zero-order chi connectivity index (χ0) is 17.0. The maximum absolute atomic E-state index is 4.15. The highest BCUT2D eigenvalue weighted by Crippen LogP contribution is 2.37. The van der Waals surface area contributed by atoms with Gasteiger partial charge in [-0.3, -0.25) is 0 Å². The number of aromatic nitrogens is 3. The molecule has 1 N–H and O–H groups in total. The Balaban J connectivity index is 1.44. The summed E-state index contributed by atoms with van der Waals surface area (Å²) in [4.78, 5) is 3.98. The van der Waals surface area contributed by atoms with Gasteiger partial charge in [-0.25, -0.2) is 9.67 Å². The van der Waals surface area contributed by atoms with Gasteiger partial charge in [0, 0.05) is 12.6 Å². The minimum Gasteiger partial charge on any atom is -0.310 e. The van der Waals surface area contributed by atoms with Gasteiger partial charge >= 0.3 is 0 Å². The lowest BCUT2D eigenvalue weighted by atomic mass is 9.71. The third kappa shape index (κ3) is 4.67. The number of rotatable bonds is 5. The fourth-order valence-corrected chi connectivity index (χ4v) is 3.69. The average Bonchev–Trinajstić information content (AvgIpc) is 3.07. The van der Waals surface area contributed by atoms with Crippen LogP contribution in [0.2, 0.25) is 0 Å². The van der Waals surface area contributed by atoms with Crippen LogP contribution >= 0.6 is 0 Å². The molecule has 2 aromatic rings. The first-order valence-electron chi connectivity index (χ1n) is 9.14. The summed E-state index contributed by atoms with van der Waals surface area (Å²) in [6.07, 6.45) is 8.67. The molecule has 1 aliphatic rings. The molecule has 24 heavy (non-hydrogen) atoms. The highest BCUT2D eigenvalue weighted by molar-refractivity contribution is 5.22. The largest absolute Gasteiger partial charge is 0.310 e. The van der Waals surface area contributed by atoms with Gasteiger partial charge in [0.05, 0.1) is 6.54 Å². The lowest BCUT2D eigenvalue weighted by Crippen LogP contribution is -2.35. The average molecular weight is 326 g/mol. The molecular weight excluding hydrogens is 296 g/mol. The maximum atomic E-state index is 4.15. The van der Waals surface area contributed by atoms with Crippen LogP contribution < -0.4 is 5.32 Å². The summed E-state index contributed by atoms with van der Waals surface area (Å²) < 4.78 is 1.85. The third-order valence-corrected chi connectivity index (χ3v) is 5.38. The van der Waals surface area contributed by atoms with E-state index in [1.807, 2.05) is 4.68 Å². The molecule has 3 rings (SSSR count). The smallest absolute Gasteiger partial charge is 0.137 e. The van der Waals surface area contributed by atoms with Crippen LogP contribution in [-0.2, 0) is 13.1 Å². The Morgan fingerprint density at radius 3 is 2.29 bits per heavy atom. The van der Waals surface area contributed by atoms with E-state index in [0.717, 1.165) is 19.0 Å². The Bertz CT molecular complexity index is 602. The summed E-state index contributed by atoms with van der Waals surface area (Å²) >= 11 is 0. The molecule has 0 unspecified atom stereocenters. The second-order valence-electron chi connectivity index (χ2n) is 8.21. The molecule has 0 bridgehead atoms. The molecule has 1 aliphatic carbocycles. The van der Waals surface area contributed by atoms with E-state index in [-0.39, 0.29) is 0 Å². The Morgan fingerprint density at radius 2 is 1.71 bits per heavy atom. The van der Waals surface area contributed by atoms with Crippen molar-refractivity contribution in [2.75, 3.05) is 0 Å². The van der Waals surface area contributed by atoms with Gasteiger partial charge in [-0.2, -0.15) is 5.10 Å². The van der Waals surface area contributed by atoms with Crippen LogP contribution in [0.15, 0.2) is 36.9 Å². The Kier molecular flexibility index (Phi) is 5.34. The van der Waals surface area contributed by atoms with Crippen molar-refractivity contribution in [3.8, 4) is 0 Å². The number of nitrogens with zero attached hydrogens (tertiary/aromatic N) is 3. The molecule has 0 atom stereocenters. The molecule has 0 radical (unpaired) electrons. The number of nitrogens with one attached hydrogen (secondary N) is 1. The van der Waals surface area contributed by atoms with Crippen molar-refractivity contribution in [2.45, 2.75) is 65.6 Å². The first-order valence-corrected chi connectivity index (χ1v) is 9.14. The fraction of sp³-hybridized carbons (Fsp3) is 0.600. The van der Waals surface area contributed by atoms with Gasteiger partial charge in [-0.15, -0.1) is 0 Å². The monoisotopic (exact) mass is 326 g/mol. The summed E-state index contributed by atoms with van der Waals surface area (Å²) in [5.74, 6) is 0.881. The highest BCUT2D eigenvalue weighted by Gasteiger charge is 2.29. The summed E-state index contributed by atoms with van der Waals surface area (Å²) in [7, 11) is 0. The van der Waals surface area contributed by atoms with Crippen LogP contribution in [0.3, 0.4) is 0 Å². The predicted octanol–water partition coefficient (Wildman–Crippen LogP) is 4.02. The SMILES string of the molecule is CC(C)(C)C1CCC(NCc2ccc(Cn3cncn3)cc2)CC1. The van der Waals surface area contributed by atoms with Crippen LogP contribution in [0.25, 0.3) is 0 Å². The number of hydrogen-bond acceptors (Lipinski definition) is 3. The van der Waals surface area contributed by atoms with E-state index in [0.29, 0.717) is 11.5 Å². The van der Waals surface area contributed by atoms with E-state index in [1.165, 1.54) is 36.8 Å². The topological polar surface area (TPSA) is 42.7 Å². The first kappa shape index (κ1) is 17.2. The van der Waals surface area contributed by atoms with Crippen molar-refractivity contribution in [3.05, 3.63) is 48.0 Å². The summed E-state index contributed by atoms with van der Waals surface area (Å²) in [5, 5.41) is 7.90. The van der Waals surface area contributed by atoms with Crippen LogP contribution in [0, 0.1) is 11.3 Å². The highest BCUT2D eigenvalue weighted by atomic mass is 15.3. The maximum Gasteiger partial charge on any atom is 0.137 e. The van der Waals surface area contributed by atoms with Gasteiger partial charge in [0.15, 0.2) is 0 Å². The molecule has 0 aliphatic heterocycles. The standard InChI is InChI=1S/C20H30N4/c1-20(2,3)18-8-10-19(11-9-18)22-12-16-4-6-17(7-5-16)13-24-15-21-14-23-24/h4-7,14-15,18-19,22H,8-13H2,1-3H3. The van der Waals surface area contributed by atoms with Crippen molar-refractivity contribution in [2.24, 2.45) is 11.3 Å². The Morgan fingerprint density at radius 1 is 1.04 bits per heavy atom. The zero-order valence-corrected chi connectivity index (χ0v) is 15.2. The Labute approximate surface area is 145 Å². The molecule has 0 amide bonds. The van der Waals surface area contributed by atoms with E-state index in [1.54, 1.807) is 12.7 Å². The molecule has 0 spiro atoms. The molecule has 1 saturated carbocycles. The summed E-state index contributed by atoms with van der Waals surface area (Å²) in [5.41, 5.74) is 3.08. The van der Waals surface area contributed by atoms with E-state index in [2.05, 4.69) is 60.4 Å². The van der Waals surface area contributed by atoms with Crippen molar-refractivity contribution in [3.63, 3.8) is 0 Å². The minimum atomic E-state index is 0.463. The Hall–Kier alpha value is -1.68. The predicted molar refractivity (Wildman–Crippen MR) is 97.6 cm³/mol. The molecule has 1 aromatic heterocycles. The van der Waals surface area contributed by atoms with E-state index < -0.39 is 0 Å². The van der Waals surface area contributed by atoms with Gasteiger partial charge < -0.3 is 5.32 Å². The second kappa shape index (κ2) is 7.47. The van der Waals surface area contributed by atoms with Crippen molar-refractivity contribution >= 4 is 0 Å². The molecular formula is C20H30N4. The molecule has 1 heterocycles. The molecule has 130 valence electrons. The molecule has 4 heteroatoms. The minimum absolute atomic E-state index is 0.463. The first-order chi connectivity index (χ1) is 11.5. The van der Waals surface area contributed by atoms with Crippen LogP contribution in [0.1, 0.15) is 57.6 Å². The zero-order valence-electron chi connectivity index (χ0n) is 15.2. The normalized spacial score (nSPS) is 21.8. The molecule has 1 aromatic carbocycles. The van der Waals surface area contributed by atoms with E-state index >= 15 is 0 Å². The molecule has 0 saturated heterocycles. The summed E-state index contributed by atoms with van der Waals surface area (Å²) in [6, 6.07) is 9.50. The lowest BCUT2D eigenvalue weighted by Gasteiger charge is -2.37. The van der Waals surface area contributed by atoms with Gasteiger partial charge in [0.25, 0.3) is 0 Å². The van der Waals surface area contributed by atoms with E-state index in [4.69, 9.17) is 0 Å². The summed E-state index contributed by atoms with van der Waals surface area (Å²) in [6.45, 7) is 8.89. The van der Waals surface area contributed by atoms with Crippen LogP contribution in [-0.4, -0.2) is 20.8 Å². The van der Waals surface area contributed by atoms with Crippen molar-refractivity contribution in [1.29, 1.82) is 0 Å². The van der Waals surface area contributed by atoms with Crippen LogP contribution in [0.5, 0.6) is 0 Å². The van der Waals surface area contributed by atoms with Gasteiger partial charge in [0.1, 0.15) is 12.7 Å². The second-order valence-corrected chi connectivity index (χ2v) is 8.21. The van der Waals surface area contributed by atoms with E-state index in [9.17, 15) is 0 Å². The van der Waals surface area contributed by atoms with Crippen molar-refractivity contribution in [1.82, 2.24) is 20.1 Å². The van der Waals surface area contributed by atoms with Gasteiger partial charge in [-0.05, 0) is 48.1 Å². The lowest BCUT2D eigenvalue weighted by molar-refractivity contribution is 0.160.